The van der Waals surface area contributed by atoms with Crippen molar-refractivity contribution in [2.24, 2.45) is 0 Å². The number of anilines is 2. The summed E-state index contributed by atoms with van der Waals surface area (Å²) in [6, 6.07) is 6.85. The Morgan fingerprint density at radius 2 is 1.94 bits per heavy atom. The molecule has 35 heavy (non-hydrogen) atoms. The lowest BCUT2D eigenvalue weighted by Gasteiger charge is -2.25. The molecule has 0 saturated heterocycles. The first-order chi connectivity index (χ1) is 16.6. The summed E-state index contributed by atoms with van der Waals surface area (Å²) in [7, 11) is 2.82. The average Bonchev–Trinajstić information content (AvgIpc) is 2.92. The van der Waals surface area contributed by atoms with E-state index in [0.29, 0.717) is 22.5 Å². The second-order valence-corrected chi connectivity index (χ2v) is 7.63. The number of halogens is 3. The third-order valence-electron chi connectivity index (χ3n) is 5.43. The van der Waals surface area contributed by atoms with E-state index in [1.165, 1.54) is 25.2 Å². The Morgan fingerprint density at radius 1 is 1.17 bits per heavy atom. The molecule has 0 fully saturated rings. The molecule has 0 bridgehead atoms. The number of hydrogen-bond acceptors (Lipinski definition) is 7. The number of nitrogens with zero attached hydrogens (tertiary/aromatic N) is 4. The second kappa shape index (κ2) is 9.20. The highest BCUT2D eigenvalue weighted by atomic mass is 19.4. The van der Waals surface area contributed by atoms with Gasteiger partial charge in [0.25, 0.3) is 0 Å². The smallest absolute Gasteiger partial charge is 0.433 e. The lowest BCUT2D eigenvalue weighted by atomic mass is 9.98. The van der Waals surface area contributed by atoms with Gasteiger partial charge < -0.3 is 19.7 Å². The molecule has 1 atom stereocenters. The van der Waals surface area contributed by atoms with Crippen LogP contribution in [0.15, 0.2) is 42.7 Å². The SMILES string of the molecule is COc1cc2c(c(OC)n1)-c1cccnc1[C@H](C)C(=O)N2CC(=O)Nc1ccc(C(F)(F)F)nc1. The fourth-order valence-electron chi connectivity index (χ4n) is 3.79. The average molecular weight is 487 g/mol. The van der Waals surface area contributed by atoms with Crippen LogP contribution in [0.25, 0.3) is 11.1 Å². The minimum absolute atomic E-state index is 0.0494. The van der Waals surface area contributed by atoms with Crippen LogP contribution in [0.1, 0.15) is 24.2 Å². The molecule has 1 aliphatic rings. The van der Waals surface area contributed by atoms with E-state index in [4.69, 9.17) is 9.47 Å². The first kappa shape index (κ1) is 23.9. The number of ether oxygens (including phenoxy) is 2. The molecular weight excluding hydrogens is 467 g/mol. The highest BCUT2D eigenvalue weighted by molar-refractivity contribution is 6.09. The van der Waals surface area contributed by atoms with Gasteiger partial charge in [-0.15, -0.1) is 0 Å². The first-order valence-corrected chi connectivity index (χ1v) is 10.4. The van der Waals surface area contributed by atoms with Crippen molar-refractivity contribution in [1.82, 2.24) is 15.0 Å². The molecule has 2 amide bonds. The maximum atomic E-state index is 13.5. The summed E-state index contributed by atoms with van der Waals surface area (Å²) in [5.41, 5.74) is 0.839. The molecular formula is C23H20F3N5O4. The molecule has 4 rings (SSSR count). The topological polar surface area (TPSA) is 107 Å². The van der Waals surface area contributed by atoms with Crippen LogP contribution in [-0.2, 0) is 15.8 Å². The number of hydrogen-bond donors (Lipinski definition) is 1. The number of pyridine rings is 3. The number of methoxy groups -OCH3 is 2. The van der Waals surface area contributed by atoms with Crippen LogP contribution >= 0.6 is 0 Å². The first-order valence-electron chi connectivity index (χ1n) is 10.4. The summed E-state index contributed by atoms with van der Waals surface area (Å²) in [6.07, 6.45) is -2.14. The Balaban J connectivity index is 1.72. The predicted octanol–water partition coefficient (Wildman–Crippen LogP) is 3.66. The Hall–Kier alpha value is -4.22. The van der Waals surface area contributed by atoms with E-state index >= 15 is 0 Å². The normalized spacial score (nSPS) is 15.1. The monoisotopic (exact) mass is 487 g/mol. The van der Waals surface area contributed by atoms with Crippen LogP contribution < -0.4 is 19.7 Å². The molecule has 4 heterocycles. The van der Waals surface area contributed by atoms with Crippen LogP contribution in [0.5, 0.6) is 11.8 Å². The summed E-state index contributed by atoms with van der Waals surface area (Å²) < 4.78 is 49.0. The van der Waals surface area contributed by atoms with Crippen molar-refractivity contribution in [3.8, 4) is 22.9 Å². The lowest BCUT2D eigenvalue weighted by molar-refractivity contribution is -0.141. The van der Waals surface area contributed by atoms with Gasteiger partial charge >= 0.3 is 6.18 Å². The molecule has 1 N–H and O–H groups in total. The summed E-state index contributed by atoms with van der Waals surface area (Å²) in [5.74, 6) is -1.44. The zero-order valence-corrected chi connectivity index (χ0v) is 18.9. The fraction of sp³-hybridized carbons (Fsp3) is 0.261. The van der Waals surface area contributed by atoms with Gasteiger partial charge in [-0.25, -0.2) is 4.98 Å². The molecule has 0 aliphatic carbocycles. The van der Waals surface area contributed by atoms with Gasteiger partial charge in [-0.2, -0.15) is 18.2 Å². The van der Waals surface area contributed by atoms with Crippen LogP contribution in [-0.4, -0.2) is 47.5 Å². The van der Waals surface area contributed by atoms with Gasteiger partial charge in [-0.3, -0.25) is 14.6 Å². The minimum atomic E-state index is -4.60. The van der Waals surface area contributed by atoms with Crippen LogP contribution in [0.4, 0.5) is 24.5 Å². The molecule has 0 saturated carbocycles. The maximum absolute atomic E-state index is 13.5. The molecule has 0 radical (unpaired) electrons. The lowest BCUT2D eigenvalue weighted by Crippen LogP contribution is -2.40. The fourth-order valence-corrected chi connectivity index (χ4v) is 3.79. The summed E-state index contributed by atoms with van der Waals surface area (Å²) in [4.78, 5) is 39.6. The van der Waals surface area contributed by atoms with Crippen molar-refractivity contribution in [3.05, 3.63) is 54.1 Å². The molecule has 0 unspecified atom stereocenters. The zero-order valence-electron chi connectivity index (χ0n) is 18.9. The van der Waals surface area contributed by atoms with Crippen LogP contribution in [0, 0.1) is 0 Å². The van der Waals surface area contributed by atoms with Crippen molar-refractivity contribution in [2.75, 3.05) is 31.0 Å². The Kier molecular flexibility index (Phi) is 6.29. The van der Waals surface area contributed by atoms with E-state index in [1.54, 1.807) is 25.3 Å². The van der Waals surface area contributed by atoms with Gasteiger partial charge in [0.1, 0.15) is 12.2 Å². The quantitative estimate of drug-likeness (QED) is 0.585. The Morgan fingerprint density at radius 3 is 2.57 bits per heavy atom. The molecule has 3 aromatic heterocycles. The van der Waals surface area contributed by atoms with E-state index in [-0.39, 0.29) is 17.4 Å². The molecule has 9 nitrogen and oxygen atoms in total. The number of aromatic nitrogens is 3. The summed E-state index contributed by atoms with van der Waals surface area (Å²) >= 11 is 0. The van der Waals surface area contributed by atoms with Gasteiger partial charge in [-0.1, -0.05) is 6.07 Å². The van der Waals surface area contributed by atoms with Crippen molar-refractivity contribution in [2.45, 2.75) is 19.0 Å². The largest absolute Gasteiger partial charge is 0.481 e. The number of nitrogens with one attached hydrogen (secondary N) is 1. The van der Waals surface area contributed by atoms with E-state index in [2.05, 4.69) is 20.3 Å². The number of carbonyl (C=O) groups is 2. The Labute approximate surface area is 197 Å². The Bertz CT molecular complexity index is 1280. The van der Waals surface area contributed by atoms with Crippen LogP contribution in [0.3, 0.4) is 0 Å². The van der Waals surface area contributed by atoms with Gasteiger partial charge in [-0.05, 0) is 25.1 Å². The standard InChI is InChI=1S/C23H20F3N5O4/c1-12-20-14(5-4-8-27-20)19-15(9-18(34-2)30-21(19)35-3)31(22(12)33)11-17(32)29-13-6-7-16(28-10-13)23(24,25)26/h4-10,12H,11H2,1-3H3,(H,29,32)/t12-/m0/s1. The highest BCUT2D eigenvalue weighted by Crippen LogP contribution is 2.45. The van der Waals surface area contributed by atoms with Crippen molar-refractivity contribution < 1.29 is 32.2 Å². The maximum Gasteiger partial charge on any atom is 0.433 e. The summed E-state index contributed by atoms with van der Waals surface area (Å²) in [5, 5.41) is 2.48. The van der Waals surface area contributed by atoms with E-state index in [1.807, 2.05) is 0 Å². The molecule has 0 spiro atoms. The van der Waals surface area contributed by atoms with Gasteiger partial charge in [0.05, 0.1) is 49.0 Å². The molecule has 3 aromatic rings. The number of alkyl halides is 3. The predicted molar refractivity (Wildman–Crippen MR) is 119 cm³/mol. The number of carbonyl (C=O) groups excluding carboxylic acids is 2. The molecule has 0 aromatic carbocycles. The second-order valence-electron chi connectivity index (χ2n) is 7.63. The highest BCUT2D eigenvalue weighted by Gasteiger charge is 2.36. The summed E-state index contributed by atoms with van der Waals surface area (Å²) in [6.45, 7) is 1.23. The van der Waals surface area contributed by atoms with Crippen molar-refractivity contribution in [3.63, 3.8) is 0 Å². The van der Waals surface area contributed by atoms with E-state index in [9.17, 15) is 22.8 Å². The third kappa shape index (κ3) is 4.59. The van der Waals surface area contributed by atoms with Gasteiger partial charge in [0, 0.05) is 17.8 Å². The third-order valence-corrected chi connectivity index (χ3v) is 5.43. The van der Waals surface area contributed by atoms with Crippen LogP contribution in [0.2, 0.25) is 0 Å². The van der Waals surface area contributed by atoms with Crippen molar-refractivity contribution >= 4 is 23.2 Å². The number of fused-ring (bicyclic) bond motifs is 3. The molecule has 1 aliphatic heterocycles. The molecule has 182 valence electrons. The number of amides is 2. The van der Waals surface area contributed by atoms with Gasteiger partial charge in [0.2, 0.25) is 23.6 Å². The minimum Gasteiger partial charge on any atom is -0.481 e. The van der Waals surface area contributed by atoms with Gasteiger partial charge in [0.15, 0.2) is 0 Å². The van der Waals surface area contributed by atoms with E-state index < -0.39 is 36.1 Å². The van der Waals surface area contributed by atoms with Crippen molar-refractivity contribution in [1.29, 1.82) is 0 Å². The van der Waals surface area contributed by atoms with E-state index in [0.717, 1.165) is 18.3 Å². The number of rotatable bonds is 5. The molecule has 12 heteroatoms. The zero-order chi connectivity index (χ0) is 25.3.